The van der Waals surface area contributed by atoms with Gasteiger partial charge in [-0.3, -0.25) is 4.90 Å². The van der Waals surface area contributed by atoms with Crippen LogP contribution in [0, 0.1) is 0 Å². The molecular formula is C26H45ClN2O7SSi. The van der Waals surface area contributed by atoms with Gasteiger partial charge in [0.2, 0.25) is 10.0 Å². The molecule has 218 valence electrons. The van der Waals surface area contributed by atoms with Crippen molar-refractivity contribution in [3.05, 3.63) is 29.8 Å². The Labute approximate surface area is 234 Å². The van der Waals surface area contributed by atoms with Crippen molar-refractivity contribution < 1.29 is 31.8 Å². The van der Waals surface area contributed by atoms with Crippen LogP contribution in [0.3, 0.4) is 0 Å². The lowest BCUT2D eigenvalue weighted by molar-refractivity contribution is 0.0454. The van der Waals surface area contributed by atoms with Crippen molar-refractivity contribution in [2.75, 3.05) is 46.2 Å². The zero-order chi connectivity index (χ0) is 28.7. The molecular weight excluding hydrogens is 548 g/mol. The summed E-state index contributed by atoms with van der Waals surface area (Å²) < 4.78 is 50.7. The Kier molecular flexibility index (Phi) is 11.9. The molecule has 0 N–H and O–H groups in total. The molecule has 12 heteroatoms. The third-order valence-corrected chi connectivity index (χ3v) is 13.5. The first kappa shape index (κ1) is 32.8. The molecule has 1 fully saturated rings. The first-order valence-electron chi connectivity index (χ1n) is 12.9. The average Bonchev–Trinajstić information content (AvgIpc) is 3.18. The highest BCUT2D eigenvalue weighted by atomic mass is 35.5. The molecule has 0 radical (unpaired) electrons. The molecule has 0 bridgehead atoms. The lowest BCUT2D eigenvalue weighted by Crippen LogP contribution is -2.54. The summed E-state index contributed by atoms with van der Waals surface area (Å²) in [6.07, 6.45) is 1.61. The van der Waals surface area contributed by atoms with Gasteiger partial charge in [0.25, 0.3) is 0 Å². The van der Waals surface area contributed by atoms with Crippen molar-refractivity contribution in [2.45, 2.75) is 76.4 Å². The number of methoxy groups -OCH3 is 2. The number of rotatable bonds is 13. The molecule has 1 aromatic rings. The van der Waals surface area contributed by atoms with Crippen LogP contribution in [0.5, 0.6) is 5.75 Å². The number of hydrogen-bond acceptors (Lipinski definition) is 7. The largest absolute Gasteiger partial charge is 0.497 e. The summed E-state index contributed by atoms with van der Waals surface area (Å²) in [5, 5.41) is -0.0572. The van der Waals surface area contributed by atoms with E-state index in [4.69, 9.17) is 30.2 Å². The number of likely N-dealkylation sites (tertiary alicyclic amines) is 1. The molecule has 0 aliphatic carbocycles. The van der Waals surface area contributed by atoms with E-state index in [0.29, 0.717) is 24.5 Å². The van der Waals surface area contributed by atoms with Gasteiger partial charge < -0.3 is 18.6 Å². The van der Waals surface area contributed by atoms with E-state index in [0.717, 1.165) is 5.56 Å². The van der Waals surface area contributed by atoms with Gasteiger partial charge in [0.15, 0.2) is 8.32 Å². The van der Waals surface area contributed by atoms with Crippen molar-refractivity contribution in [1.82, 2.24) is 9.21 Å². The Bertz CT molecular complexity index is 1000. The molecule has 38 heavy (non-hydrogen) atoms. The Hall–Kier alpha value is -1.37. The molecule has 1 heterocycles. The minimum Gasteiger partial charge on any atom is -0.497 e. The van der Waals surface area contributed by atoms with Crippen LogP contribution >= 0.6 is 11.6 Å². The van der Waals surface area contributed by atoms with Gasteiger partial charge in [-0.1, -0.05) is 32.9 Å². The van der Waals surface area contributed by atoms with Gasteiger partial charge in [-0.15, -0.1) is 11.6 Å². The zero-order valence-corrected chi connectivity index (χ0v) is 26.6. The van der Waals surface area contributed by atoms with Gasteiger partial charge in [0.05, 0.1) is 45.3 Å². The van der Waals surface area contributed by atoms with Crippen molar-refractivity contribution in [1.29, 1.82) is 0 Å². The van der Waals surface area contributed by atoms with E-state index in [1.807, 2.05) is 12.1 Å². The van der Waals surface area contributed by atoms with E-state index in [-0.39, 0.29) is 37.4 Å². The number of carbonyl (C=O) groups is 1. The Morgan fingerprint density at radius 2 is 1.79 bits per heavy atom. The van der Waals surface area contributed by atoms with Crippen LogP contribution in [0.1, 0.15) is 39.2 Å². The number of halogens is 1. The molecule has 1 aliphatic rings. The number of benzene rings is 1. The van der Waals surface area contributed by atoms with E-state index in [1.165, 1.54) is 10.6 Å². The number of amides is 1. The molecule has 0 aromatic heterocycles. The topological polar surface area (TPSA) is 94.6 Å². The van der Waals surface area contributed by atoms with Gasteiger partial charge in [-0.2, -0.15) is 4.31 Å². The lowest BCUT2D eigenvalue weighted by atomic mass is 10.1. The molecule has 1 aliphatic heterocycles. The van der Waals surface area contributed by atoms with Crippen LogP contribution in [0.4, 0.5) is 4.79 Å². The first-order chi connectivity index (χ1) is 17.7. The second-order valence-electron chi connectivity index (χ2n) is 11.3. The third-order valence-electron chi connectivity index (χ3n) is 7.50. The minimum absolute atomic E-state index is 0.0572. The van der Waals surface area contributed by atoms with Gasteiger partial charge in [-0.25, -0.2) is 13.2 Å². The number of alkyl halides is 1. The Balaban J connectivity index is 2.49. The van der Waals surface area contributed by atoms with Crippen LogP contribution in [-0.4, -0.2) is 96.3 Å². The highest BCUT2D eigenvalue weighted by Crippen LogP contribution is 2.39. The second kappa shape index (κ2) is 13.8. The molecule has 3 atom stereocenters. The standard InChI is InChI=1S/C26H45ClN2O7SSi/c1-26(2,3)38(7,8)36-19-24-23(16-21(18-33-4)29(24)25(30)35-15-9-14-27)28(37(6,31)32)17-20-10-12-22(34-5)13-11-20/h10-13,21,23-24H,9,14-19H2,1-8H3/t21?,23-,24-/m0/s1. The summed E-state index contributed by atoms with van der Waals surface area (Å²) in [6.45, 7) is 11.5. The maximum Gasteiger partial charge on any atom is 0.410 e. The summed E-state index contributed by atoms with van der Waals surface area (Å²) in [5.41, 5.74) is 0.812. The average molecular weight is 593 g/mol. The SMILES string of the molecule is COCC1C[C@H](N(Cc2ccc(OC)cc2)S(C)(=O)=O)[C@H](CO[Si](C)(C)C(C)(C)C)N1C(=O)OCCCCl. The van der Waals surface area contributed by atoms with E-state index >= 15 is 0 Å². The summed E-state index contributed by atoms with van der Waals surface area (Å²) in [6, 6.07) is 5.84. The van der Waals surface area contributed by atoms with Crippen LogP contribution in [0.2, 0.25) is 18.1 Å². The first-order valence-corrected chi connectivity index (χ1v) is 18.2. The van der Waals surface area contributed by atoms with Gasteiger partial charge in [0, 0.05) is 25.6 Å². The highest BCUT2D eigenvalue weighted by molar-refractivity contribution is 7.88. The molecule has 1 aromatic carbocycles. The monoisotopic (exact) mass is 592 g/mol. The van der Waals surface area contributed by atoms with E-state index < -0.39 is 36.5 Å². The van der Waals surface area contributed by atoms with Crippen molar-refractivity contribution in [3.63, 3.8) is 0 Å². The van der Waals surface area contributed by atoms with Crippen molar-refractivity contribution >= 4 is 36.0 Å². The van der Waals surface area contributed by atoms with Crippen LogP contribution in [-0.2, 0) is 30.5 Å². The van der Waals surface area contributed by atoms with E-state index in [1.54, 1.807) is 31.3 Å². The summed E-state index contributed by atoms with van der Waals surface area (Å²) in [4.78, 5) is 15.0. The van der Waals surface area contributed by atoms with Crippen LogP contribution in [0.15, 0.2) is 24.3 Å². The van der Waals surface area contributed by atoms with E-state index in [9.17, 15) is 13.2 Å². The Morgan fingerprint density at radius 1 is 1.16 bits per heavy atom. The fourth-order valence-corrected chi connectivity index (χ4v) is 6.55. The van der Waals surface area contributed by atoms with Gasteiger partial charge in [0.1, 0.15) is 5.75 Å². The predicted molar refractivity (Wildman–Crippen MR) is 153 cm³/mol. The van der Waals surface area contributed by atoms with Crippen LogP contribution in [0.25, 0.3) is 0 Å². The van der Waals surface area contributed by atoms with Gasteiger partial charge in [-0.05, 0) is 48.7 Å². The molecule has 0 spiro atoms. The van der Waals surface area contributed by atoms with Crippen molar-refractivity contribution in [2.24, 2.45) is 0 Å². The fraction of sp³-hybridized carbons (Fsp3) is 0.731. The maximum absolute atomic E-state index is 13.4. The highest BCUT2D eigenvalue weighted by Gasteiger charge is 2.50. The summed E-state index contributed by atoms with van der Waals surface area (Å²) in [5.74, 6) is 1.06. The molecule has 1 amide bonds. The number of carbonyl (C=O) groups excluding carboxylic acids is 1. The number of sulfonamides is 1. The molecule has 1 unspecified atom stereocenters. The Morgan fingerprint density at radius 3 is 2.29 bits per heavy atom. The molecule has 0 saturated carbocycles. The van der Waals surface area contributed by atoms with Crippen LogP contribution < -0.4 is 4.74 Å². The zero-order valence-electron chi connectivity index (χ0n) is 24.0. The smallest absolute Gasteiger partial charge is 0.410 e. The summed E-state index contributed by atoms with van der Waals surface area (Å²) >= 11 is 5.78. The normalized spacial score (nSPS) is 20.7. The quantitative estimate of drug-likeness (QED) is 0.186. The summed E-state index contributed by atoms with van der Waals surface area (Å²) in [7, 11) is -2.73. The molecule has 1 saturated heterocycles. The maximum atomic E-state index is 13.4. The number of ether oxygens (including phenoxy) is 3. The van der Waals surface area contributed by atoms with Gasteiger partial charge >= 0.3 is 6.09 Å². The number of nitrogens with zero attached hydrogens (tertiary/aromatic N) is 2. The number of hydrogen-bond donors (Lipinski definition) is 0. The molecule has 9 nitrogen and oxygen atoms in total. The van der Waals surface area contributed by atoms with E-state index in [2.05, 4.69) is 33.9 Å². The second-order valence-corrected chi connectivity index (χ2v) is 18.4. The minimum atomic E-state index is -3.66. The lowest BCUT2D eigenvalue weighted by Gasteiger charge is -2.40. The van der Waals surface area contributed by atoms with Crippen molar-refractivity contribution in [3.8, 4) is 5.75 Å². The third kappa shape index (κ3) is 8.56. The predicted octanol–water partition coefficient (Wildman–Crippen LogP) is 4.70. The fourth-order valence-electron chi connectivity index (χ4n) is 4.32. The molecule has 2 rings (SSSR count).